The summed E-state index contributed by atoms with van der Waals surface area (Å²) in [4.78, 5) is 0. The molecule has 0 aliphatic carbocycles. The van der Waals surface area contributed by atoms with Crippen molar-refractivity contribution in [3.8, 4) is 0 Å². The van der Waals surface area contributed by atoms with Crippen LogP contribution in [-0.2, 0) is 9.84 Å². The summed E-state index contributed by atoms with van der Waals surface area (Å²) >= 11 is 0. The minimum absolute atomic E-state index is 0.00266. The minimum atomic E-state index is -2.80. The standard InChI is InChI=1S/C8H17NO2S/c1-7(9)6-8-4-2-3-5-12(8,10)11/h7-8H,2-6,9H2,1H3. The van der Waals surface area contributed by atoms with E-state index in [-0.39, 0.29) is 11.3 Å². The molecule has 72 valence electrons. The van der Waals surface area contributed by atoms with Gasteiger partial charge in [0.2, 0.25) is 0 Å². The fraction of sp³-hybridized carbons (Fsp3) is 1.00. The molecule has 0 amide bonds. The van der Waals surface area contributed by atoms with E-state index in [0.29, 0.717) is 12.2 Å². The van der Waals surface area contributed by atoms with E-state index in [2.05, 4.69) is 0 Å². The SMILES string of the molecule is CC(N)CC1CCCCS1(=O)=O. The molecule has 0 radical (unpaired) electrons. The number of hydrogen-bond acceptors (Lipinski definition) is 3. The zero-order valence-corrected chi connectivity index (χ0v) is 8.31. The lowest BCUT2D eigenvalue weighted by Gasteiger charge is -2.23. The van der Waals surface area contributed by atoms with E-state index in [1.807, 2.05) is 6.92 Å². The maximum atomic E-state index is 11.5. The molecule has 12 heavy (non-hydrogen) atoms. The van der Waals surface area contributed by atoms with Crippen LogP contribution in [0.4, 0.5) is 0 Å². The molecule has 1 heterocycles. The van der Waals surface area contributed by atoms with Gasteiger partial charge >= 0.3 is 0 Å². The topological polar surface area (TPSA) is 60.2 Å². The molecule has 0 aromatic heterocycles. The second-order valence-electron chi connectivity index (χ2n) is 3.70. The Bertz CT molecular complexity index is 233. The summed E-state index contributed by atoms with van der Waals surface area (Å²) in [5.41, 5.74) is 5.58. The first kappa shape index (κ1) is 9.99. The third kappa shape index (κ3) is 2.45. The number of hydrogen-bond donors (Lipinski definition) is 1. The van der Waals surface area contributed by atoms with E-state index >= 15 is 0 Å². The Hall–Kier alpha value is -0.0900. The molecule has 0 saturated carbocycles. The molecule has 0 bridgehead atoms. The van der Waals surface area contributed by atoms with Crippen molar-refractivity contribution >= 4 is 9.84 Å². The van der Waals surface area contributed by atoms with E-state index in [0.717, 1.165) is 19.3 Å². The van der Waals surface area contributed by atoms with Gasteiger partial charge in [0.05, 0.1) is 11.0 Å². The molecule has 0 aromatic rings. The normalized spacial score (nSPS) is 31.3. The third-order valence-corrected chi connectivity index (χ3v) is 4.65. The Morgan fingerprint density at radius 1 is 1.50 bits per heavy atom. The molecule has 2 unspecified atom stereocenters. The maximum absolute atomic E-state index is 11.5. The fourth-order valence-electron chi connectivity index (χ4n) is 1.70. The van der Waals surface area contributed by atoms with Gasteiger partial charge in [-0.2, -0.15) is 0 Å². The van der Waals surface area contributed by atoms with Crippen molar-refractivity contribution in [2.24, 2.45) is 5.73 Å². The first-order valence-electron chi connectivity index (χ1n) is 4.49. The van der Waals surface area contributed by atoms with Crippen molar-refractivity contribution in [3.63, 3.8) is 0 Å². The molecular weight excluding hydrogens is 174 g/mol. The van der Waals surface area contributed by atoms with Gasteiger partial charge in [-0.3, -0.25) is 0 Å². The predicted octanol–water partition coefficient (Wildman–Crippen LogP) is 0.691. The van der Waals surface area contributed by atoms with Crippen LogP contribution in [-0.4, -0.2) is 25.5 Å². The summed E-state index contributed by atoms with van der Waals surface area (Å²) in [5, 5.41) is -0.161. The highest BCUT2D eigenvalue weighted by molar-refractivity contribution is 7.92. The monoisotopic (exact) mass is 191 g/mol. The summed E-state index contributed by atoms with van der Waals surface area (Å²) < 4.78 is 22.9. The average Bonchev–Trinajstić information content (AvgIpc) is 1.92. The molecule has 1 aliphatic heterocycles. The van der Waals surface area contributed by atoms with Crippen LogP contribution in [0, 0.1) is 0 Å². The van der Waals surface area contributed by atoms with E-state index in [4.69, 9.17) is 5.73 Å². The molecule has 2 N–H and O–H groups in total. The highest BCUT2D eigenvalue weighted by atomic mass is 32.2. The van der Waals surface area contributed by atoms with Crippen molar-refractivity contribution < 1.29 is 8.42 Å². The number of nitrogens with two attached hydrogens (primary N) is 1. The van der Waals surface area contributed by atoms with Crippen molar-refractivity contribution in [2.75, 3.05) is 5.75 Å². The zero-order chi connectivity index (χ0) is 9.19. The Balaban J connectivity index is 2.61. The highest BCUT2D eigenvalue weighted by Crippen LogP contribution is 2.22. The van der Waals surface area contributed by atoms with E-state index < -0.39 is 9.84 Å². The van der Waals surface area contributed by atoms with Gasteiger partial charge < -0.3 is 5.73 Å². The minimum Gasteiger partial charge on any atom is -0.328 e. The van der Waals surface area contributed by atoms with Gasteiger partial charge in [-0.25, -0.2) is 8.42 Å². The van der Waals surface area contributed by atoms with Crippen LogP contribution in [0.25, 0.3) is 0 Å². The Kier molecular flexibility index (Phi) is 3.12. The van der Waals surface area contributed by atoms with Crippen molar-refractivity contribution in [3.05, 3.63) is 0 Å². The van der Waals surface area contributed by atoms with Gasteiger partial charge in [0.1, 0.15) is 0 Å². The molecule has 3 nitrogen and oxygen atoms in total. The molecule has 0 spiro atoms. The van der Waals surface area contributed by atoms with Crippen molar-refractivity contribution in [1.29, 1.82) is 0 Å². The summed E-state index contributed by atoms with van der Waals surface area (Å²) in [5.74, 6) is 0.365. The third-order valence-electron chi connectivity index (χ3n) is 2.35. The van der Waals surface area contributed by atoms with Crippen molar-refractivity contribution in [2.45, 2.75) is 43.9 Å². The number of rotatable bonds is 2. The molecule has 0 aromatic carbocycles. The molecule has 1 saturated heterocycles. The Morgan fingerprint density at radius 3 is 2.67 bits per heavy atom. The van der Waals surface area contributed by atoms with Crippen LogP contribution in [0.5, 0.6) is 0 Å². The quantitative estimate of drug-likeness (QED) is 0.698. The fourth-order valence-corrected chi connectivity index (χ4v) is 3.76. The summed E-state index contributed by atoms with van der Waals surface area (Å²) in [6.07, 6.45) is 3.31. The van der Waals surface area contributed by atoms with Crippen LogP contribution in [0.1, 0.15) is 32.6 Å². The second kappa shape index (κ2) is 3.75. The first-order valence-corrected chi connectivity index (χ1v) is 6.21. The first-order chi connectivity index (χ1) is 5.52. The lowest BCUT2D eigenvalue weighted by atomic mass is 10.1. The summed E-state index contributed by atoms with van der Waals surface area (Å²) in [6.45, 7) is 1.87. The van der Waals surface area contributed by atoms with E-state index in [1.165, 1.54) is 0 Å². The Morgan fingerprint density at radius 2 is 2.17 bits per heavy atom. The van der Waals surface area contributed by atoms with E-state index in [9.17, 15) is 8.42 Å². The van der Waals surface area contributed by atoms with Gasteiger partial charge in [0.15, 0.2) is 9.84 Å². The van der Waals surface area contributed by atoms with Gasteiger partial charge in [-0.05, 0) is 26.2 Å². The number of sulfone groups is 1. The van der Waals surface area contributed by atoms with Crippen molar-refractivity contribution in [1.82, 2.24) is 0 Å². The van der Waals surface area contributed by atoms with Crippen LogP contribution in [0.2, 0.25) is 0 Å². The van der Waals surface area contributed by atoms with Crippen LogP contribution in [0.3, 0.4) is 0 Å². The lowest BCUT2D eigenvalue weighted by molar-refractivity contribution is 0.507. The lowest BCUT2D eigenvalue weighted by Crippen LogP contribution is -2.33. The van der Waals surface area contributed by atoms with Crippen LogP contribution < -0.4 is 5.73 Å². The van der Waals surface area contributed by atoms with Gasteiger partial charge in [-0.1, -0.05) is 6.42 Å². The summed E-state index contributed by atoms with van der Waals surface area (Å²) in [7, 11) is -2.80. The molecular formula is C8H17NO2S. The van der Waals surface area contributed by atoms with Crippen LogP contribution >= 0.6 is 0 Å². The van der Waals surface area contributed by atoms with Gasteiger partial charge in [0.25, 0.3) is 0 Å². The molecule has 4 heteroatoms. The van der Waals surface area contributed by atoms with E-state index in [1.54, 1.807) is 0 Å². The average molecular weight is 191 g/mol. The second-order valence-corrected chi connectivity index (χ2v) is 6.10. The molecule has 2 atom stereocenters. The smallest absolute Gasteiger partial charge is 0.153 e. The maximum Gasteiger partial charge on any atom is 0.153 e. The predicted molar refractivity (Wildman–Crippen MR) is 49.7 cm³/mol. The summed E-state index contributed by atoms with van der Waals surface area (Å²) in [6, 6.07) is 0.00266. The highest BCUT2D eigenvalue weighted by Gasteiger charge is 2.28. The van der Waals surface area contributed by atoms with Crippen LogP contribution in [0.15, 0.2) is 0 Å². The largest absolute Gasteiger partial charge is 0.328 e. The van der Waals surface area contributed by atoms with Gasteiger partial charge in [-0.15, -0.1) is 0 Å². The molecule has 1 aliphatic rings. The van der Waals surface area contributed by atoms with Gasteiger partial charge in [0, 0.05) is 6.04 Å². The molecule has 1 fully saturated rings. The zero-order valence-electron chi connectivity index (χ0n) is 7.49. The Labute approximate surface area is 74.3 Å². The molecule has 1 rings (SSSR count).